The summed E-state index contributed by atoms with van der Waals surface area (Å²) in [5, 5.41) is 2.72. The zero-order valence-electron chi connectivity index (χ0n) is 5.32. The number of allylic oxidation sites excluding steroid dienone is 1. The number of hydrogen-bond donors (Lipinski definition) is 1. The molecule has 0 saturated heterocycles. The second-order valence-electron chi connectivity index (χ2n) is 1.48. The van der Waals surface area contributed by atoms with Gasteiger partial charge in [0, 0.05) is 7.05 Å². The van der Waals surface area contributed by atoms with Crippen molar-refractivity contribution in [1.29, 1.82) is 0 Å². The average Bonchev–Trinajstić information content (AvgIpc) is 1.65. The topological polar surface area (TPSA) is 21.3 Å². The molecule has 0 radical (unpaired) electrons. The molecule has 8 heavy (non-hydrogen) atoms. The molecule has 0 aliphatic rings. The number of ether oxygens (including phenoxy) is 1. The molecule has 0 heterocycles. The Morgan fingerprint density at radius 1 is 1.50 bits per heavy atom. The molecule has 0 spiro atoms. The first kappa shape index (κ1) is 7.08. The predicted octanol–water partition coefficient (Wildman–Crippen LogP) is 1.23. The van der Waals surface area contributed by atoms with Crippen LogP contribution in [0.5, 0.6) is 0 Å². The molecule has 0 amide bonds. The normalized spacial score (nSPS) is 7.75. The molecule has 0 fully saturated rings. The van der Waals surface area contributed by atoms with Crippen LogP contribution in [0.3, 0.4) is 0 Å². The summed E-state index contributed by atoms with van der Waals surface area (Å²) < 4.78 is 4.90. The minimum absolute atomic E-state index is 0.525. The zero-order valence-corrected chi connectivity index (χ0v) is 5.32. The van der Waals surface area contributed by atoms with Crippen molar-refractivity contribution in [1.82, 2.24) is 5.32 Å². The van der Waals surface area contributed by atoms with Crippen LogP contribution in [0.1, 0.15) is 6.92 Å². The van der Waals surface area contributed by atoms with Gasteiger partial charge in [0.15, 0.2) is 5.88 Å². The molecule has 1 N–H and O–H groups in total. The molecular formula is C6H11NO. The van der Waals surface area contributed by atoms with Gasteiger partial charge in [0.1, 0.15) is 0 Å². The van der Waals surface area contributed by atoms with E-state index in [2.05, 4.69) is 18.5 Å². The van der Waals surface area contributed by atoms with Crippen LogP contribution < -0.4 is 5.32 Å². The Hall–Kier alpha value is -0.920. The van der Waals surface area contributed by atoms with E-state index in [-0.39, 0.29) is 0 Å². The summed E-state index contributed by atoms with van der Waals surface area (Å²) in [6.45, 7) is 8.81. The lowest BCUT2D eigenvalue weighted by Crippen LogP contribution is -2.06. The van der Waals surface area contributed by atoms with Gasteiger partial charge in [-0.15, -0.1) is 0 Å². The summed E-state index contributed by atoms with van der Waals surface area (Å²) in [5.41, 5.74) is 0. The Labute approximate surface area is 49.8 Å². The summed E-state index contributed by atoms with van der Waals surface area (Å²) in [5.74, 6) is 1.17. The number of hydrogen-bond acceptors (Lipinski definition) is 2. The highest BCUT2D eigenvalue weighted by Gasteiger charge is 1.85. The maximum atomic E-state index is 4.90. The van der Waals surface area contributed by atoms with Crippen molar-refractivity contribution in [3.8, 4) is 0 Å². The first-order valence-electron chi connectivity index (χ1n) is 2.37. The third-order valence-electron chi connectivity index (χ3n) is 0.576. The van der Waals surface area contributed by atoms with E-state index in [0.29, 0.717) is 11.6 Å². The van der Waals surface area contributed by atoms with Crippen LogP contribution >= 0.6 is 0 Å². The third kappa shape index (κ3) is 3.28. The number of nitrogens with one attached hydrogen (secondary N) is 1. The van der Waals surface area contributed by atoms with Crippen LogP contribution in [-0.2, 0) is 4.74 Å². The van der Waals surface area contributed by atoms with E-state index < -0.39 is 0 Å². The van der Waals surface area contributed by atoms with Crippen LogP contribution in [0.15, 0.2) is 24.8 Å². The largest absolute Gasteiger partial charge is 0.447 e. The van der Waals surface area contributed by atoms with Crippen molar-refractivity contribution in [2.75, 3.05) is 7.05 Å². The first-order chi connectivity index (χ1) is 3.66. The van der Waals surface area contributed by atoms with Gasteiger partial charge < -0.3 is 10.1 Å². The molecule has 0 atom stereocenters. The molecule has 0 unspecified atom stereocenters. The van der Waals surface area contributed by atoms with Gasteiger partial charge in [0.05, 0.1) is 5.76 Å². The Morgan fingerprint density at radius 3 is 2.12 bits per heavy atom. The fraction of sp³-hybridized carbons (Fsp3) is 0.333. The highest BCUT2D eigenvalue weighted by atomic mass is 16.5. The minimum Gasteiger partial charge on any atom is -0.447 e. The Morgan fingerprint density at radius 2 is 2.00 bits per heavy atom. The van der Waals surface area contributed by atoms with Gasteiger partial charge >= 0.3 is 0 Å². The highest BCUT2D eigenvalue weighted by Crippen LogP contribution is 1.94. The molecule has 0 saturated carbocycles. The summed E-state index contributed by atoms with van der Waals surface area (Å²) in [4.78, 5) is 0. The van der Waals surface area contributed by atoms with E-state index in [4.69, 9.17) is 4.74 Å². The second kappa shape index (κ2) is 3.13. The molecule has 0 bridgehead atoms. The molecule has 0 rings (SSSR count). The van der Waals surface area contributed by atoms with Gasteiger partial charge in [-0.1, -0.05) is 6.58 Å². The minimum atomic E-state index is 0.525. The fourth-order valence-corrected chi connectivity index (χ4v) is 0.261. The van der Waals surface area contributed by atoms with Crippen LogP contribution in [0, 0.1) is 0 Å². The van der Waals surface area contributed by atoms with Crippen LogP contribution in [0.4, 0.5) is 0 Å². The van der Waals surface area contributed by atoms with E-state index in [9.17, 15) is 0 Å². The monoisotopic (exact) mass is 113 g/mol. The third-order valence-corrected chi connectivity index (χ3v) is 0.576. The molecule has 0 aliphatic carbocycles. The predicted molar refractivity (Wildman–Crippen MR) is 34.1 cm³/mol. The average molecular weight is 113 g/mol. The smallest absolute Gasteiger partial charge is 0.185 e. The number of rotatable bonds is 3. The fourth-order valence-electron chi connectivity index (χ4n) is 0.261. The van der Waals surface area contributed by atoms with E-state index in [0.717, 1.165) is 0 Å². The van der Waals surface area contributed by atoms with Gasteiger partial charge in [-0.3, -0.25) is 0 Å². The lowest BCUT2D eigenvalue weighted by Gasteiger charge is -2.04. The summed E-state index contributed by atoms with van der Waals surface area (Å²) in [6, 6.07) is 0. The van der Waals surface area contributed by atoms with Gasteiger partial charge in [-0.2, -0.15) is 0 Å². The SMILES string of the molecule is C=C(C)OC(=C)NC. The highest BCUT2D eigenvalue weighted by molar-refractivity contribution is 4.86. The van der Waals surface area contributed by atoms with Crippen molar-refractivity contribution < 1.29 is 4.74 Å². The molecule has 0 aliphatic heterocycles. The van der Waals surface area contributed by atoms with Crippen LogP contribution in [0.25, 0.3) is 0 Å². The quantitative estimate of drug-likeness (QED) is 0.556. The van der Waals surface area contributed by atoms with Gasteiger partial charge in [-0.05, 0) is 13.5 Å². The van der Waals surface area contributed by atoms with Crippen LogP contribution in [0.2, 0.25) is 0 Å². The van der Waals surface area contributed by atoms with Gasteiger partial charge in [0.2, 0.25) is 0 Å². The van der Waals surface area contributed by atoms with E-state index >= 15 is 0 Å². The van der Waals surface area contributed by atoms with Crippen molar-refractivity contribution in [3.05, 3.63) is 24.8 Å². The van der Waals surface area contributed by atoms with E-state index in [1.54, 1.807) is 14.0 Å². The Bertz CT molecular complexity index is 107. The lowest BCUT2D eigenvalue weighted by molar-refractivity contribution is 0.287. The molecule has 0 aromatic carbocycles. The van der Waals surface area contributed by atoms with Crippen molar-refractivity contribution in [3.63, 3.8) is 0 Å². The standard InChI is InChI=1S/C6H11NO/c1-5(2)8-6(3)7-4/h7H,1,3H2,2,4H3. The molecule has 0 aromatic rings. The van der Waals surface area contributed by atoms with Crippen LogP contribution in [-0.4, -0.2) is 7.05 Å². The zero-order chi connectivity index (χ0) is 6.57. The van der Waals surface area contributed by atoms with Crippen molar-refractivity contribution in [2.45, 2.75) is 6.92 Å². The Balaban J connectivity index is 3.40. The lowest BCUT2D eigenvalue weighted by atomic mass is 10.6. The second-order valence-corrected chi connectivity index (χ2v) is 1.48. The molecule has 2 nitrogen and oxygen atoms in total. The first-order valence-corrected chi connectivity index (χ1v) is 2.37. The van der Waals surface area contributed by atoms with Crippen molar-refractivity contribution in [2.24, 2.45) is 0 Å². The summed E-state index contributed by atoms with van der Waals surface area (Å²) in [7, 11) is 1.74. The summed E-state index contributed by atoms with van der Waals surface area (Å²) in [6.07, 6.45) is 0. The Kier molecular flexibility index (Phi) is 2.77. The van der Waals surface area contributed by atoms with Crippen molar-refractivity contribution >= 4 is 0 Å². The molecule has 2 heteroatoms. The molecule has 0 aromatic heterocycles. The molecule has 46 valence electrons. The van der Waals surface area contributed by atoms with E-state index in [1.165, 1.54) is 0 Å². The van der Waals surface area contributed by atoms with E-state index in [1.807, 2.05) is 0 Å². The maximum Gasteiger partial charge on any atom is 0.185 e. The van der Waals surface area contributed by atoms with Gasteiger partial charge in [0.25, 0.3) is 0 Å². The molecular weight excluding hydrogens is 102 g/mol. The summed E-state index contributed by atoms with van der Waals surface area (Å²) >= 11 is 0. The van der Waals surface area contributed by atoms with Gasteiger partial charge in [-0.25, -0.2) is 0 Å². The maximum absolute atomic E-state index is 4.90.